The number of rotatable bonds is 4. The second-order valence-electron chi connectivity index (χ2n) is 4.56. The molecular formula is C13H19N3O2. The van der Waals surface area contributed by atoms with E-state index in [1.807, 2.05) is 24.1 Å². The molecule has 1 aliphatic rings. The average molecular weight is 249 g/mol. The minimum atomic E-state index is -0.158. The van der Waals surface area contributed by atoms with Crippen molar-refractivity contribution in [2.24, 2.45) is 0 Å². The van der Waals surface area contributed by atoms with Gasteiger partial charge in [0.25, 0.3) is 0 Å². The van der Waals surface area contributed by atoms with E-state index in [1.165, 1.54) is 0 Å². The van der Waals surface area contributed by atoms with Crippen molar-refractivity contribution >= 4 is 17.3 Å². The number of benzene rings is 1. The number of nitrogen functional groups attached to an aromatic ring is 1. The second kappa shape index (κ2) is 5.37. The average Bonchev–Trinajstić information content (AvgIpc) is 2.36. The third-order valence-electron chi connectivity index (χ3n) is 3.33. The van der Waals surface area contributed by atoms with Gasteiger partial charge in [-0.05, 0) is 25.1 Å². The van der Waals surface area contributed by atoms with Crippen molar-refractivity contribution in [3.63, 3.8) is 0 Å². The summed E-state index contributed by atoms with van der Waals surface area (Å²) in [6.07, 6.45) is 0.687. The lowest BCUT2D eigenvalue weighted by molar-refractivity contribution is -0.121. The molecule has 3 N–H and O–H groups in total. The van der Waals surface area contributed by atoms with Gasteiger partial charge in [0.15, 0.2) is 0 Å². The van der Waals surface area contributed by atoms with Crippen LogP contribution in [0.3, 0.4) is 0 Å². The van der Waals surface area contributed by atoms with E-state index in [9.17, 15) is 4.79 Å². The van der Waals surface area contributed by atoms with Crippen LogP contribution in [0.2, 0.25) is 0 Å². The van der Waals surface area contributed by atoms with Crippen LogP contribution >= 0.6 is 0 Å². The maximum absolute atomic E-state index is 12.1. The Hall–Kier alpha value is -1.59. The summed E-state index contributed by atoms with van der Waals surface area (Å²) in [4.78, 5) is 14.1. The van der Waals surface area contributed by atoms with Crippen molar-refractivity contribution in [2.75, 3.05) is 38.4 Å². The van der Waals surface area contributed by atoms with Gasteiger partial charge in [0, 0.05) is 13.7 Å². The minimum Gasteiger partial charge on any atom is -0.397 e. The molecule has 0 bridgehead atoms. The maximum atomic E-state index is 12.1. The Kier molecular flexibility index (Phi) is 3.84. The summed E-state index contributed by atoms with van der Waals surface area (Å²) in [5, 5.41) is 2.89. The summed E-state index contributed by atoms with van der Waals surface area (Å²) < 4.78 is 5.03. The van der Waals surface area contributed by atoms with E-state index in [4.69, 9.17) is 10.5 Å². The highest BCUT2D eigenvalue weighted by atomic mass is 16.5. The summed E-state index contributed by atoms with van der Waals surface area (Å²) in [5.74, 6) is -0.000923. The lowest BCUT2D eigenvalue weighted by Gasteiger charge is -2.32. The summed E-state index contributed by atoms with van der Waals surface area (Å²) in [7, 11) is 3.59. The van der Waals surface area contributed by atoms with Crippen molar-refractivity contribution in [2.45, 2.75) is 12.5 Å². The molecule has 0 aromatic heterocycles. The highest BCUT2D eigenvalue weighted by molar-refractivity contribution is 6.00. The number of hydrogen-bond acceptors (Lipinski definition) is 4. The van der Waals surface area contributed by atoms with Gasteiger partial charge in [-0.2, -0.15) is 0 Å². The highest BCUT2D eigenvalue weighted by Gasteiger charge is 2.29. The fourth-order valence-electron chi connectivity index (χ4n) is 2.20. The molecule has 0 spiro atoms. The maximum Gasteiger partial charge on any atom is 0.242 e. The van der Waals surface area contributed by atoms with Gasteiger partial charge in [-0.3, -0.25) is 9.69 Å². The number of anilines is 2. The molecule has 2 rings (SSSR count). The molecule has 0 saturated carbocycles. The number of nitrogens with zero attached hydrogens (tertiary/aromatic N) is 1. The molecule has 18 heavy (non-hydrogen) atoms. The Morgan fingerprint density at radius 1 is 1.56 bits per heavy atom. The molecule has 1 heterocycles. The number of carbonyl (C=O) groups is 1. The molecule has 0 radical (unpaired) electrons. The second-order valence-corrected chi connectivity index (χ2v) is 4.56. The van der Waals surface area contributed by atoms with Crippen LogP contribution in [0.15, 0.2) is 18.2 Å². The molecule has 1 aromatic rings. The van der Waals surface area contributed by atoms with Gasteiger partial charge in [-0.15, -0.1) is 0 Å². The van der Waals surface area contributed by atoms with E-state index in [0.29, 0.717) is 18.7 Å². The Labute approximate surface area is 107 Å². The smallest absolute Gasteiger partial charge is 0.242 e. The lowest BCUT2D eigenvalue weighted by Crippen LogP contribution is -2.47. The van der Waals surface area contributed by atoms with Crippen LogP contribution < -0.4 is 11.1 Å². The van der Waals surface area contributed by atoms with Gasteiger partial charge >= 0.3 is 0 Å². The molecule has 1 amide bonds. The van der Waals surface area contributed by atoms with Crippen molar-refractivity contribution < 1.29 is 9.53 Å². The van der Waals surface area contributed by atoms with E-state index >= 15 is 0 Å². The molecule has 5 heteroatoms. The topological polar surface area (TPSA) is 67.6 Å². The Balaban J connectivity index is 2.15. The van der Waals surface area contributed by atoms with Crippen LogP contribution in [-0.2, 0) is 16.0 Å². The van der Waals surface area contributed by atoms with Gasteiger partial charge in [-0.1, -0.05) is 12.1 Å². The van der Waals surface area contributed by atoms with Crippen LogP contribution in [0.1, 0.15) is 5.56 Å². The molecule has 1 aliphatic heterocycles. The molecular weight excluding hydrogens is 230 g/mol. The summed E-state index contributed by atoms with van der Waals surface area (Å²) in [6, 6.07) is 5.56. The minimum absolute atomic E-state index is 0.000923. The molecule has 98 valence electrons. The van der Waals surface area contributed by atoms with Gasteiger partial charge in [-0.25, -0.2) is 0 Å². The van der Waals surface area contributed by atoms with E-state index in [1.54, 1.807) is 13.2 Å². The number of nitrogens with one attached hydrogen (secondary N) is 1. The molecule has 0 saturated heterocycles. The molecule has 5 nitrogen and oxygen atoms in total. The SMILES string of the molecule is COCCN(C)C1Cc2cccc(N)c2NC1=O. The predicted molar refractivity (Wildman–Crippen MR) is 71.5 cm³/mol. The number of hydrogen-bond donors (Lipinski definition) is 2. The number of nitrogens with two attached hydrogens (primary N) is 1. The molecule has 0 aliphatic carbocycles. The van der Waals surface area contributed by atoms with E-state index in [-0.39, 0.29) is 11.9 Å². The van der Waals surface area contributed by atoms with Crippen LogP contribution in [-0.4, -0.2) is 44.2 Å². The van der Waals surface area contributed by atoms with E-state index in [0.717, 1.165) is 17.8 Å². The lowest BCUT2D eigenvalue weighted by atomic mass is 9.97. The van der Waals surface area contributed by atoms with Crippen LogP contribution in [0.4, 0.5) is 11.4 Å². The number of amides is 1. The number of fused-ring (bicyclic) bond motifs is 1. The Bertz CT molecular complexity index is 448. The number of carbonyl (C=O) groups excluding carboxylic acids is 1. The fraction of sp³-hybridized carbons (Fsp3) is 0.462. The first-order valence-electron chi connectivity index (χ1n) is 6.01. The number of para-hydroxylation sites is 1. The van der Waals surface area contributed by atoms with Crippen LogP contribution in [0.25, 0.3) is 0 Å². The monoisotopic (exact) mass is 249 g/mol. The third-order valence-corrected chi connectivity index (χ3v) is 3.33. The quantitative estimate of drug-likeness (QED) is 0.771. The van der Waals surface area contributed by atoms with Gasteiger partial charge in [0.1, 0.15) is 0 Å². The zero-order chi connectivity index (χ0) is 13.1. The first-order valence-corrected chi connectivity index (χ1v) is 6.01. The van der Waals surface area contributed by atoms with Crippen molar-refractivity contribution in [1.82, 2.24) is 4.90 Å². The van der Waals surface area contributed by atoms with E-state index in [2.05, 4.69) is 5.32 Å². The number of ether oxygens (including phenoxy) is 1. The first kappa shape index (κ1) is 12.9. The third kappa shape index (κ3) is 2.47. The van der Waals surface area contributed by atoms with Crippen LogP contribution in [0.5, 0.6) is 0 Å². The predicted octanol–water partition coefficient (Wildman–Crippen LogP) is 0.710. The van der Waals surface area contributed by atoms with Gasteiger partial charge < -0.3 is 15.8 Å². The summed E-state index contributed by atoms with van der Waals surface area (Å²) in [5.41, 5.74) is 8.33. The summed E-state index contributed by atoms with van der Waals surface area (Å²) >= 11 is 0. The molecule has 0 fully saturated rings. The van der Waals surface area contributed by atoms with Crippen LogP contribution in [0, 0.1) is 0 Å². The molecule has 1 unspecified atom stereocenters. The zero-order valence-corrected chi connectivity index (χ0v) is 10.8. The van der Waals surface area contributed by atoms with E-state index < -0.39 is 0 Å². The molecule has 1 aromatic carbocycles. The number of likely N-dealkylation sites (N-methyl/N-ethyl adjacent to an activating group) is 1. The van der Waals surface area contributed by atoms with Crippen molar-refractivity contribution in [1.29, 1.82) is 0 Å². The first-order chi connectivity index (χ1) is 8.63. The number of methoxy groups -OCH3 is 1. The normalized spacial score (nSPS) is 18.6. The standard InChI is InChI=1S/C13H19N3O2/c1-16(6-7-18-2)11-8-9-4-3-5-10(14)12(9)15-13(11)17/h3-5,11H,6-8,14H2,1-2H3,(H,15,17). The Morgan fingerprint density at radius 3 is 3.06 bits per heavy atom. The fourth-order valence-corrected chi connectivity index (χ4v) is 2.20. The summed E-state index contributed by atoms with van der Waals surface area (Å²) in [6.45, 7) is 1.34. The van der Waals surface area contributed by atoms with Gasteiger partial charge in [0.05, 0.1) is 24.0 Å². The molecule has 1 atom stereocenters. The zero-order valence-electron chi connectivity index (χ0n) is 10.8. The Morgan fingerprint density at radius 2 is 2.33 bits per heavy atom. The van der Waals surface area contributed by atoms with Crippen molar-refractivity contribution in [3.05, 3.63) is 23.8 Å². The largest absolute Gasteiger partial charge is 0.397 e. The van der Waals surface area contributed by atoms with Gasteiger partial charge in [0.2, 0.25) is 5.91 Å². The van der Waals surface area contributed by atoms with Crippen molar-refractivity contribution in [3.8, 4) is 0 Å². The highest BCUT2D eigenvalue weighted by Crippen LogP contribution is 2.29.